The quantitative estimate of drug-likeness (QED) is 0.246. The van der Waals surface area contributed by atoms with E-state index in [1.54, 1.807) is 32.9 Å². The lowest BCUT2D eigenvalue weighted by molar-refractivity contribution is -0.116. The number of nitrogens with zero attached hydrogens (tertiary/aromatic N) is 2. The zero-order valence-electron chi connectivity index (χ0n) is 26.2. The molecule has 1 aliphatic rings. The highest BCUT2D eigenvalue weighted by molar-refractivity contribution is 6.30. The van der Waals surface area contributed by atoms with Crippen LogP contribution in [0.3, 0.4) is 0 Å². The second-order valence-electron chi connectivity index (χ2n) is 12.4. The van der Waals surface area contributed by atoms with Crippen LogP contribution in [0.5, 0.6) is 0 Å². The van der Waals surface area contributed by atoms with E-state index < -0.39 is 53.1 Å². The van der Waals surface area contributed by atoms with Crippen LogP contribution in [0, 0.1) is 23.4 Å². The molecule has 4 rings (SSSR count). The van der Waals surface area contributed by atoms with Crippen molar-refractivity contribution in [2.24, 2.45) is 5.92 Å². The molecular formula is C34H39ClF3N3O5. The minimum absolute atomic E-state index is 0.0755. The van der Waals surface area contributed by atoms with E-state index in [9.17, 15) is 23.5 Å². The fraction of sp³-hybridized carbons (Fsp3) is 0.441. The standard InChI is InChI=1S/C34H39ClF3N3O5/c1-5-20(31-17-41(24(18-42)19-45-31)33(44)46-34(2,3)4)12-26-29(38)15-39-16-30(26)40-32(43)14-25(21-7-6-8-23(36)11-21)22-9-10-27(35)28(37)13-22/h6-11,13,15-16,20,24-25,31,42H,5,12,14,17-19H2,1-4H3,(H,40,43)/t20?,24-,25?,31+/m1/s1. The van der Waals surface area contributed by atoms with Crippen LogP contribution >= 0.6 is 11.6 Å². The van der Waals surface area contributed by atoms with Gasteiger partial charge in [0, 0.05) is 17.9 Å². The lowest BCUT2D eigenvalue weighted by Crippen LogP contribution is -2.56. The van der Waals surface area contributed by atoms with Crippen molar-refractivity contribution in [2.45, 2.75) is 70.6 Å². The normalized spacial score (nSPS) is 18.2. The van der Waals surface area contributed by atoms with Gasteiger partial charge in [0.1, 0.15) is 23.1 Å². The van der Waals surface area contributed by atoms with E-state index in [1.807, 2.05) is 6.92 Å². The van der Waals surface area contributed by atoms with Crippen LogP contribution in [-0.4, -0.2) is 64.5 Å². The van der Waals surface area contributed by atoms with Crippen LogP contribution in [0.25, 0.3) is 0 Å². The topological polar surface area (TPSA) is 101 Å². The van der Waals surface area contributed by atoms with Crippen molar-refractivity contribution in [3.63, 3.8) is 0 Å². The van der Waals surface area contributed by atoms with Crippen molar-refractivity contribution < 1.29 is 37.3 Å². The highest BCUT2D eigenvalue weighted by Crippen LogP contribution is 2.33. The Morgan fingerprint density at radius 1 is 1.13 bits per heavy atom. The summed E-state index contributed by atoms with van der Waals surface area (Å²) in [5.41, 5.74) is 0.475. The second-order valence-corrected chi connectivity index (χ2v) is 12.8. The summed E-state index contributed by atoms with van der Waals surface area (Å²) in [7, 11) is 0. The highest BCUT2D eigenvalue weighted by Gasteiger charge is 2.38. The molecular weight excluding hydrogens is 623 g/mol. The fourth-order valence-electron chi connectivity index (χ4n) is 5.55. The number of carbonyl (C=O) groups is 2. The van der Waals surface area contributed by atoms with Crippen molar-refractivity contribution in [1.82, 2.24) is 9.88 Å². The molecule has 2 N–H and O–H groups in total. The maximum absolute atomic E-state index is 15.3. The van der Waals surface area contributed by atoms with E-state index in [2.05, 4.69) is 10.3 Å². The first kappa shape index (κ1) is 35.2. The van der Waals surface area contributed by atoms with Crippen LogP contribution in [0.1, 0.15) is 63.1 Å². The average molecular weight is 662 g/mol. The smallest absolute Gasteiger partial charge is 0.410 e. The first-order chi connectivity index (χ1) is 21.8. The molecule has 12 heteroatoms. The Hall–Kier alpha value is -3.67. The van der Waals surface area contributed by atoms with Gasteiger partial charge in [0.15, 0.2) is 0 Å². The van der Waals surface area contributed by atoms with Crippen LogP contribution in [0.2, 0.25) is 5.02 Å². The molecule has 2 unspecified atom stereocenters. The lowest BCUT2D eigenvalue weighted by Gasteiger charge is -2.41. The zero-order valence-corrected chi connectivity index (χ0v) is 27.0. The molecule has 0 saturated carbocycles. The van der Waals surface area contributed by atoms with Gasteiger partial charge in [-0.1, -0.05) is 43.1 Å². The number of aliphatic hydroxyl groups is 1. The number of anilines is 1. The molecule has 2 amide bonds. The molecule has 1 aromatic heterocycles. The van der Waals surface area contributed by atoms with Crippen LogP contribution in [-0.2, 0) is 20.7 Å². The lowest BCUT2D eigenvalue weighted by atomic mass is 9.87. The molecule has 1 saturated heterocycles. The van der Waals surface area contributed by atoms with E-state index >= 15 is 4.39 Å². The largest absolute Gasteiger partial charge is 0.444 e. The Balaban J connectivity index is 1.55. The summed E-state index contributed by atoms with van der Waals surface area (Å²) >= 11 is 5.87. The number of hydrogen-bond donors (Lipinski definition) is 2. The molecule has 0 spiro atoms. The van der Waals surface area contributed by atoms with E-state index in [1.165, 1.54) is 41.4 Å². The molecule has 4 atom stereocenters. The van der Waals surface area contributed by atoms with Crippen molar-refractivity contribution in [2.75, 3.05) is 25.1 Å². The zero-order chi connectivity index (χ0) is 33.6. The molecule has 2 aromatic carbocycles. The van der Waals surface area contributed by atoms with Crippen LogP contribution in [0.4, 0.5) is 23.7 Å². The molecule has 3 aromatic rings. The van der Waals surface area contributed by atoms with Gasteiger partial charge in [-0.15, -0.1) is 0 Å². The summed E-state index contributed by atoms with van der Waals surface area (Å²) in [5.74, 6) is -3.37. The van der Waals surface area contributed by atoms with Gasteiger partial charge in [0.05, 0.1) is 55.0 Å². The molecule has 46 heavy (non-hydrogen) atoms. The molecule has 2 heterocycles. The highest BCUT2D eigenvalue weighted by atomic mass is 35.5. The Morgan fingerprint density at radius 2 is 1.87 bits per heavy atom. The average Bonchev–Trinajstić information content (AvgIpc) is 3.00. The van der Waals surface area contributed by atoms with Crippen molar-refractivity contribution in [3.8, 4) is 0 Å². The van der Waals surface area contributed by atoms with Crippen LogP contribution in [0.15, 0.2) is 54.9 Å². The maximum atomic E-state index is 15.3. The van der Waals surface area contributed by atoms with E-state index in [4.69, 9.17) is 21.1 Å². The Bertz CT molecular complexity index is 1540. The van der Waals surface area contributed by atoms with Crippen molar-refractivity contribution >= 4 is 29.3 Å². The minimum atomic E-state index is -0.738. The summed E-state index contributed by atoms with van der Waals surface area (Å²) in [6, 6.07) is 9.25. The third-order valence-corrected chi connectivity index (χ3v) is 8.25. The predicted octanol–water partition coefficient (Wildman–Crippen LogP) is 6.88. The number of carbonyl (C=O) groups excluding carboxylic acids is 2. The third kappa shape index (κ3) is 8.98. The predicted molar refractivity (Wildman–Crippen MR) is 168 cm³/mol. The second kappa shape index (κ2) is 15.3. The van der Waals surface area contributed by atoms with E-state index in [-0.39, 0.29) is 54.8 Å². The third-order valence-electron chi connectivity index (χ3n) is 7.94. The van der Waals surface area contributed by atoms with Gasteiger partial charge in [-0.05, 0) is 68.5 Å². The fourth-order valence-corrected chi connectivity index (χ4v) is 5.66. The minimum Gasteiger partial charge on any atom is -0.444 e. The van der Waals surface area contributed by atoms with Gasteiger partial charge < -0.3 is 19.9 Å². The molecule has 0 radical (unpaired) electrons. The summed E-state index contributed by atoms with van der Waals surface area (Å²) in [4.78, 5) is 31.8. The van der Waals surface area contributed by atoms with E-state index in [0.717, 1.165) is 6.20 Å². The summed E-state index contributed by atoms with van der Waals surface area (Å²) in [6.07, 6.45) is 1.80. The number of aliphatic hydroxyl groups excluding tert-OH is 1. The molecule has 1 fully saturated rings. The molecule has 8 nitrogen and oxygen atoms in total. The van der Waals surface area contributed by atoms with E-state index in [0.29, 0.717) is 17.5 Å². The van der Waals surface area contributed by atoms with Gasteiger partial charge in [0.2, 0.25) is 5.91 Å². The first-order valence-electron chi connectivity index (χ1n) is 15.1. The number of hydrogen-bond acceptors (Lipinski definition) is 6. The van der Waals surface area contributed by atoms with Gasteiger partial charge in [-0.3, -0.25) is 14.7 Å². The number of nitrogens with one attached hydrogen (secondary N) is 1. The number of ether oxygens (including phenoxy) is 2. The summed E-state index contributed by atoms with van der Waals surface area (Å²) in [6.45, 7) is 7.06. The number of benzene rings is 2. The molecule has 0 bridgehead atoms. The maximum Gasteiger partial charge on any atom is 0.410 e. The number of amides is 2. The summed E-state index contributed by atoms with van der Waals surface area (Å²) < 4.78 is 55.5. The van der Waals surface area contributed by atoms with Crippen molar-refractivity contribution in [1.29, 1.82) is 0 Å². The van der Waals surface area contributed by atoms with Crippen molar-refractivity contribution in [3.05, 3.63) is 94.0 Å². The number of pyridine rings is 1. The monoisotopic (exact) mass is 661 g/mol. The summed E-state index contributed by atoms with van der Waals surface area (Å²) in [5, 5.41) is 12.5. The van der Waals surface area contributed by atoms with Gasteiger partial charge in [-0.25, -0.2) is 18.0 Å². The van der Waals surface area contributed by atoms with Crippen LogP contribution < -0.4 is 5.32 Å². The Morgan fingerprint density at radius 3 is 2.52 bits per heavy atom. The SMILES string of the molecule is CCC(Cc1c(F)cncc1NC(=O)CC(c1cccc(F)c1)c1ccc(Cl)c(F)c1)[C@@H]1CN(C(=O)OC(C)(C)C)[C@H](CO)CO1. The molecule has 248 valence electrons. The van der Waals surface area contributed by atoms with Gasteiger partial charge in [0.25, 0.3) is 0 Å². The number of halogens is 4. The number of aromatic nitrogens is 1. The number of rotatable bonds is 10. The molecule has 0 aliphatic carbocycles. The molecule has 1 aliphatic heterocycles. The Kier molecular flexibility index (Phi) is 11.7. The number of morpholine rings is 1. The Labute approximate surface area is 271 Å². The first-order valence-corrected chi connectivity index (χ1v) is 15.5. The van der Waals surface area contributed by atoms with Gasteiger partial charge in [-0.2, -0.15) is 0 Å². The van der Waals surface area contributed by atoms with Gasteiger partial charge >= 0.3 is 6.09 Å².